The van der Waals surface area contributed by atoms with Gasteiger partial charge in [-0.2, -0.15) is 0 Å². The van der Waals surface area contributed by atoms with Gasteiger partial charge in [0.2, 0.25) is 5.91 Å². The first-order valence-electron chi connectivity index (χ1n) is 11.1. The Kier molecular flexibility index (Phi) is 7.01. The summed E-state index contributed by atoms with van der Waals surface area (Å²) in [6.07, 6.45) is 0. The van der Waals surface area contributed by atoms with Crippen molar-refractivity contribution in [1.29, 1.82) is 0 Å². The predicted octanol–water partition coefficient (Wildman–Crippen LogP) is 1.98. The fraction of sp³-hybridized carbons (Fsp3) is 0.391. The van der Waals surface area contributed by atoms with Gasteiger partial charge in [-0.3, -0.25) is 24.6 Å². The van der Waals surface area contributed by atoms with Crippen LogP contribution in [-0.2, 0) is 4.79 Å². The summed E-state index contributed by atoms with van der Waals surface area (Å²) in [6.45, 7) is 3.94. The van der Waals surface area contributed by atoms with E-state index >= 15 is 0 Å². The third-order valence-corrected chi connectivity index (χ3v) is 6.24. The third kappa shape index (κ3) is 5.14. The van der Waals surface area contributed by atoms with Gasteiger partial charge in [0.05, 0.1) is 11.5 Å². The quantitative estimate of drug-likeness (QED) is 0.487. The highest BCUT2D eigenvalue weighted by Crippen LogP contribution is 2.28. The highest BCUT2D eigenvalue weighted by Gasteiger charge is 2.28. The smallest absolute Gasteiger partial charge is 0.292 e. The van der Waals surface area contributed by atoms with Crippen LogP contribution in [0.15, 0.2) is 42.5 Å². The maximum atomic E-state index is 13.4. The van der Waals surface area contributed by atoms with E-state index in [-0.39, 0.29) is 29.6 Å². The maximum absolute atomic E-state index is 13.4. The molecule has 0 atom stereocenters. The number of anilines is 1. The molecule has 2 aliphatic heterocycles. The van der Waals surface area contributed by atoms with Crippen LogP contribution in [0, 0.1) is 21.7 Å². The highest BCUT2D eigenvalue weighted by atomic mass is 19.2. The van der Waals surface area contributed by atoms with Gasteiger partial charge in [0.15, 0.2) is 11.6 Å². The van der Waals surface area contributed by atoms with E-state index in [1.54, 1.807) is 28.0 Å². The van der Waals surface area contributed by atoms with Crippen molar-refractivity contribution in [3.8, 4) is 0 Å². The molecule has 0 unspecified atom stereocenters. The summed E-state index contributed by atoms with van der Waals surface area (Å²) in [7, 11) is 0. The Balaban J connectivity index is 1.25. The van der Waals surface area contributed by atoms with Gasteiger partial charge in [-0.25, -0.2) is 8.78 Å². The molecular weight excluding hydrogens is 448 g/mol. The fourth-order valence-corrected chi connectivity index (χ4v) is 4.29. The van der Waals surface area contributed by atoms with Crippen LogP contribution in [0.1, 0.15) is 10.4 Å². The molecule has 2 aliphatic rings. The summed E-state index contributed by atoms with van der Waals surface area (Å²) in [4.78, 5) is 43.4. The SMILES string of the molecule is O=C(CN1CCN(C(=O)c2ccc(F)c(F)c2)CC1)N1CCN(c2ccccc2[N+](=O)[O-])CC1. The van der Waals surface area contributed by atoms with Gasteiger partial charge in [-0.1, -0.05) is 12.1 Å². The lowest BCUT2D eigenvalue weighted by molar-refractivity contribution is -0.384. The summed E-state index contributed by atoms with van der Waals surface area (Å²) < 4.78 is 26.6. The van der Waals surface area contributed by atoms with Crippen LogP contribution in [0.4, 0.5) is 20.2 Å². The minimum Gasteiger partial charge on any atom is -0.362 e. The first-order chi connectivity index (χ1) is 16.3. The van der Waals surface area contributed by atoms with E-state index in [4.69, 9.17) is 0 Å². The number of hydrogen-bond acceptors (Lipinski definition) is 6. The van der Waals surface area contributed by atoms with E-state index < -0.39 is 16.6 Å². The first kappa shape index (κ1) is 23.6. The molecule has 4 rings (SSSR count). The summed E-state index contributed by atoms with van der Waals surface area (Å²) >= 11 is 0. The normalized spacial score (nSPS) is 17.1. The number of amides is 2. The van der Waals surface area contributed by atoms with Crippen molar-refractivity contribution in [2.75, 3.05) is 63.8 Å². The highest BCUT2D eigenvalue weighted by molar-refractivity contribution is 5.94. The second-order valence-electron chi connectivity index (χ2n) is 8.31. The van der Waals surface area contributed by atoms with E-state index in [0.717, 1.165) is 12.1 Å². The molecule has 34 heavy (non-hydrogen) atoms. The lowest BCUT2D eigenvalue weighted by atomic mass is 10.1. The van der Waals surface area contributed by atoms with E-state index in [9.17, 15) is 28.5 Å². The number of para-hydroxylation sites is 2. The Bertz CT molecular complexity index is 1080. The number of carbonyl (C=O) groups excluding carboxylic acids is 2. The number of hydrogen-bond donors (Lipinski definition) is 0. The number of halogens is 2. The number of nitro groups is 1. The number of rotatable bonds is 5. The van der Waals surface area contributed by atoms with Crippen LogP contribution >= 0.6 is 0 Å². The number of benzene rings is 2. The van der Waals surface area contributed by atoms with Gasteiger partial charge in [0.25, 0.3) is 11.6 Å². The molecule has 11 heteroatoms. The maximum Gasteiger partial charge on any atom is 0.292 e. The summed E-state index contributed by atoms with van der Waals surface area (Å²) in [5.41, 5.74) is 0.708. The number of piperazine rings is 2. The summed E-state index contributed by atoms with van der Waals surface area (Å²) in [6, 6.07) is 9.69. The number of nitrogens with zero attached hydrogens (tertiary/aromatic N) is 5. The molecular formula is C23H25F2N5O4. The van der Waals surface area contributed by atoms with Crippen molar-refractivity contribution in [2.24, 2.45) is 0 Å². The van der Waals surface area contributed by atoms with Gasteiger partial charge in [0.1, 0.15) is 5.69 Å². The Hall–Kier alpha value is -3.60. The average molecular weight is 473 g/mol. The summed E-state index contributed by atoms with van der Waals surface area (Å²) in [5.74, 6) is -2.45. The molecule has 0 bridgehead atoms. The molecule has 0 aliphatic carbocycles. The molecule has 2 aromatic rings. The van der Waals surface area contributed by atoms with Gasteiger partial charge in [-0.15, -0.1) is 0 Å². The Morgan fingerprint density at radius 1 is 0.853 bits per heavy atom. The van der Waals surface area contributed by atoms with Crippen molar-refractivity contribution >= 4 is 23.2 Å². The first-order valence-corrected chi connectivity index (χ1v) is 11.1. The number of carbonyl (C=O) groups is 2. The van der Waals surface area contributed by atoms with Crippen molar-refractivity contribution in [3.05, 3.63) is 69.8 Å². The monoisotopic (exact) mass is 473 g/mol. The molecule has 2 heterocycles. The lowest BCUT2D eigenvalue weighted by Crippen LogP contribution is -2.54. The van der Waals surface area contributed by atoms with Gasteiger partial charge in [0, 0.05) is 64.0 Å². The minimum atomic E-state index is -1.06. The van der Waals surface area contributed by atoms with Crippen molar-refractivity contribution < 1.29 is 23.3 Å². The molecule has 9 nitrogen and oxygen atoms in total. The second kappa shape index (κ2) is 10.1. The third-order valence-electron chi connectivity index (χ3n) is 6.24. The second-order valence-corrected chi connectivity index (χ2v) is 8.31. The molecule has 0 N–H and O–H groups in total. The lowest BCUT2D eigenvalue weighted by Gasteiger charge is -2.38. The molecule has 180 valence electrons. The fourth-order valence-electron chi connectivity index (χ4n) is 4.29. The topological polar surface area (TPSA) is 90.2 Å². The van der Waals surface area contributed by atoms with Crippen LogP contribution in [0.2, 0.25) is 0 Å². The van der Waals surface area contributed by atoms with E-state index in [2.05, 4.69) is 0 Å². The van der Waals surface area contributed by atoms with Crippen LogP contribution < -0.4 is 4.90 Å². The average Bonchev–Trinajstić information content (AvgIpc) is 2.86. The molecule has 0 spiro atoms. The van der Waals surface area contributed by atoms with E-state index in [0.29, 0.717) is 58.0 Å². The van der Waals surface area contributed by atoms with Crippen LogP contribution in [0.3, 0.4) is 0 Å². The molecule has 0 radical (unpaired) electrons. The Labute approximate surface area is 195 Å². The van der Waals surface area contributed by atoms with Crippen LogP contribution in [0.25, 0.3) is 0 Å². The molecule has 2 amide bonds. The van der Waals surface area contributed by atoms with Gasteiger partial charge < -0.3 is 14.7 Å². The van der Waals surface area contributed by atoms with Crippen molar-refractivity contribution in [1.82, 2.24) is 14.7 Å². The van der Waals surface area contributed by atoms with Crippen LogP contribution in [0.5, 0.6) is 0 Å². The molecule has 0 saturated carbocycles. The van der Waals surface area contributed by atoms with E-state index in [1.807, 2.05) is 9.80 Å². The zero-order chi connectivity index (χ0) is 24.2. The molecule has 0 aromatic heterocycles. The predicted molar refractivity (Wildman–Crippen MR) is 121 cm³/mol. The van der Waals surface area contributed by atoms with E-state index in [1.165, 1.54) is 12.1 Å². The summed E-state index contributed by atoms with van der Waals surface area (Å²) in [5, 5.41) is 11.3. The van der Waals surface area contributed by atoms with Gasteiger partial charge in [-0.05, 0) is 24.3 Å². The molecule has 2 fully saturated rings. The Morgan fingerprint density at radius 2 is 1.50 bits per heavy atom. The zero-order valence-electron chi connectivity index (χ0n) is 18.5. The zero-order valence-corrected chi connectivity index (χ0v) is 18.5. The van der Waals surface area contributed by atoms with Crippen molar-refractivity contribution in [3.63, 3.8) is 0 Å². The van der Waals surface area contributed by atoms with Crippen molar-refractivity contribution in [2.45, 2.75) is 0 Å². The standard InChI is InChI=1S/C23H25F2N5O4/c24-18-6-5-17(15-19(18)25)23(32)29-9-7-26(8-10-29)16-22(31)28-13-11-27(12-14-28)20-3-1-2-4-21(20)30(33)34/h1-6,15H,7-14,16H2. The van der Waals surface area contributed by atoms with Gasteiger partial charge >= 0.3 is 0 Å². The molecule has 2 aromatic carbocycles. The van der Waals surface area contributed by atoms with Crippen LogP contribution in [-0.4, -0.2) is 90.3 Å². The largest absolute Gasteiger partial charge is 0.362 e. The number of nitro benzene ring substituents is 1. The Morgan fingerprint density at radius 3 is 2.15 bits per heavy atom. The molecule has 2 saturated heterocycles. The minimum absolute atomic E-state index is 0.0254.